The van der Waals surface area contributed by atoms with E-state index in [9.17, 15) is 9.18 Å². The second-order valence-corrected chi connectivity index (χ2v) is 8.20. The summed E-state index contributed by atoms with van der Waals surface area (Å²) in [6, 6.07) is 1.46. The summed E-state index contributed by atoms with van der Waals surface area (Å²) in [4.78, 5) is 12.5. The Kier molecular flexibility index (Phi) is 9.59. The summed E-state index contributed by atoms with van der Waals surface area (Å²) in [5, 5.41) is 8.39. The molecule has 0 bridgehead atoms. The number of nitriles is 1. The van der Waals surface area contributed by atoms with E-state index in [1.54, 1.807) is 6.08 Å². The molecule has 0 N–H and O–H groups in total. The number of unbranched alkanes of at least 4 members (excludes halogenated alkanes) is 2. The van der Waals surface area contributed by atoms with Crippen molar-refractivity contribution in [2.75, 3.05) is 0 Å². The first-order valence-corrected chi connectivity index (χ1v) is 10.8. The molecule has 0 saturated heterocycles. The molecule has 2 fully saturated rings. The van der Waals surface area contributed by atoms with Crippen LogP contribution in [0.15, 0.2) is 24.1 Å². The predicted molar refractivity (Wildman–Crippen MR) is 105 cm³/mol. The Morgan fingerprint density at radius 3 is 2.44 bits per heavy atom. The predicted octanol–water partition coefficient (Wildman–Crippen LogP) is 6.41. The third-order valence-corrected chi connectivity index (χ3v) is 6.13. The summed E-state index contributed by atoms with van der Waals surface area (Å²) >= 11 is 0. The largest absolute Gasteiger partial charge is 0.462 e. The summed E-state index contributed by atoms with van der Waals surface area (Å²) in [6.07, 6.45) is 18.0. The van der Waals surface area contributed by atoms with Crippen molar-refractivity contribution in [1.29, 1.82) is 5.26 Å². The van der Waals surface area contributed by atoms with Crippen LogP contribution in [0, 0.1) is 29.1 Å². The van der Waals surface area contributed by atoms with E-state index in [4.69, 9.17) is 10.00 Å². The van der Waals surface area contributed by atoms with Crippen molar-refractivity contribution >= 4 is 5.97 Å². The number of carbonyl (C=O) groups excluding carboxylic acids is 1. The van der Waals surface area contributed by atoms with Crippen LogP contribution in [0.4, 0.5) is 4.39 Å². The molecule has 0 spiro atoms. The molecule has 0 aromatic heterocycles. The fraction of sp³-hybridized carbons (Fsp3) is 0.739. The standard InChI is InChI=1S/C23H34FNO2/c1-2-3-4-6-18-9-13-20(14-10-18)23(26)27-22-15-11-19(12-16-22)7-5-8-21(24)17-25/h5,7-8,18-20,22H,2-4,6,9-16H2,1H3/b7-5+,21-8?/t18-,19?,20-,22?. The number of allylic oxidation sites excluding steroid dienone is 4. The van der Waals surface area contributed by atoms with Gasteiger partial charge in [0.1, 0.15) is 12.2 Å². The van der Waals surface area contributed by atoms with Crippen LogP contribution in [0.5, 0.6) is 0 Å². The average molecular weight is 376 g/mol. The molecular weight excluding hydrogens is 341 g/mol. The van der Waals surface area contributed by atoms with E-state index in [1.807, 2.05) is 6.08 Å². The quantitative estimate of drug-likeness (QED) is 0.213. The second kappa shape index (κ2) is 12.0. The molecule has 2 aliphatic rings. The number of rotatable bonds is 8. The van der Waals surface area contributed by atoms with E-state index >= 15 is 0 Å². The van der Waals surface area contributed by atoms with Gasteiger partial charge in [-0.15, -0.1) is 0 Å². The molecule has 0 atom stereocenters. The molecule has 2 rings (SSSR count). The van der Waals surface area contributed by atoms with Gasteiger partial charge in [0.2, 0.25) is 0 Å². The molecule has 4 heteroatoms. The van der Waals surface area contributed by atoms with Crippen molar-refractivity contribution < 1.29 is 13.9 Å². The van der Waals surface area contributed by atoms with Crippen LogP contribution in [0.2, 0.25) is 0 Å². The normalized spacial score (nSPS) is 29.4. The Hall–Kier alpha value is -1.63. The highest BCUT2D eigenvalue weighted by molar-refractivity contribution is 5.72. The number of esters is 1. The van der Waals surface area contributed by atoms with Gasteiger partial charge < -0.3 is 4.74 Å². The minimum atomic E-state index is -0.769. The maximum Gasteiger partial charge on any atom is 0.309 e. The van der Waals surface area contributed by atoms with Crippen LogP contribution in [0.1, 0.15) is 84.0 Å². The summed E-state index contributed by atoms with van der Waals surface area (Å²) in [6.45, 7) is 2.24. The number of carbonyl (C=O) groups is 1. The number of nitrogens with zero attached hydrogens (tertiary/aromatic N) is 1. The highest BCUT2D eigenvalue weighted by Crippen LogP contribution is 2.34. The molecule has 0 heterocycles. The van der Waals surface area contributed by atoms with Gasteiger partial charge in [-0.05, 0) is 69.3 Å². The van der Waals surface area contributed by atoms with Crippen LogP contribution in [0.25, 0.3) is 0 Å². The monoisotopic (exact) mass is 375 g/mol. The Morgan fingerprint density at radius 1 is 1.11 bits per heavy atom. The number of hydrogen-bond acceptors (Lipinski definition) is 3. The van der Waals surface area contributed by atoms with Crippen LogP contribution in [-0.4, -0.2) is 12.1 Å². The van der Waals surface area contributed by atoms with E-state index < -0.39 is 5.83 Å². The zero-order valence-corrected chi connectivity index (χ0v) is 16.7. The molecule has 0 aliphatic heterocycles. The van der Waals surface area contributed by atoms with Gasteiger partial charge in [0.25, 0.3) is 0 Å². The van der Waals surface area contributed by atoms with Crippen LogP contribution in [-0.2, 0) is 9.53 Å². The van der Waals surface area contributed by atoms with Gasteiger partial charge in [0.05, 0.1) is 5.92 Å². The number of halogens is 1. The van der Waals surface area contributed by atoms with Crippen molar-refractivity contribution in [1.82, 2.24) is 0 Å². The maximum atomic E-state index is 12.8. The molecular formula is C23H34FNO2. The van der Waals surface area contributed by atoms with E-state index in [0.717, 1.165) is 44.4 Å². The first-order chi connectivity index (χ1) is 13.1. The van der Waals surface area contributed by atoms with Crippen molar-refractivity contribution in [3.63, 3.8) is 0 Å². The van der Waals surface area contributed by atoms with Crippen LogP contribution >= 0.6 is 0 Å². The van der Waals surface area contributed by atoms with E-state index in [1.165, 1.54) is 50.7 Å². The van der Waals surface area contributed by atoms with Gasteiger partial charge in [-0.3, -0.25) is 4.79 Å². The Morgan fingerprint density at radius 2 is 1.81 bits per heavy atom. The zero-order valence-electron chi connectivity index (χ0n) is 16.7. The second-order valence-electron chi connectivity index (χ2n) is 8.20. The molecule has 0 aromatic rings. The van der Waals surface area contributed by atoms with Crippen molar-refractivity contribution in [2.24, 2.45) is 17.8 Å². The SMILES string of the molecule is CCCCC[C@H]1CC[C@H](C(=O)OC2CCC(/C=C/C=C(F)C#N)CC2)CC1. The number of ether oxygens (including phenoxy) is 1. The fourth-order valence-electron chi connectivity index (χ4n) is 4.36. The first kappa shape index (κ1) is 21.7. The molecule has 0 radical (unpaired) electrons. The molecule has 2 aliphatic carbocycles. The topological polar surface area (TPSA) is 50.1 Å². The minimum absolute atomic E-state index is 0.0139. The van der Waals surface area contributed by atoms with E-state index in [0.29, 0.717) is 5.92 Å². The third-order valence-electron chi connectivity index (χ3n) is 6.13. The zero-order chi connectivity index (χ0) is 19.5. The highest BCUT2D eigenvalue weighted by Gasteiger charge is 2.30. The van der Waals surface area contributed by atoms with Gasteiger partial charge in [0.15, 0.2) is 5.83 Å². The summed E-state index contributed by atoms with van der Waals surface area (Å²) in [5.74, 6) is 0.530. The number of hydrogen-bond donors (Lipinski definition) is 0. The third kappa shape index (κ3) is 7.87. The molecule has 0 aromatic carbocycles. The van der Waals surface area contributed by atoms with Gasteiger partial charge in [-0.2, -0.15) is 9.65 Å². The van der Waals surface area contributed by atoms with E-state index in [2.05, 4.69) is 6.92 Å². The van der Waals surface area contributed by atoms with Crippen molar-refractivity contribution in [3.8, 4) is 6.07 Å². The lowest BCUT2D eigenvalue weighted by atomic mass is 9.79. The van der Waals surface area contributed by atoms with E-state index in [-0.39, 0.29) is 18.0 Å². The Balaban J connectivity index is 1.64. The fourth-order valence-corrected chi connectivity index (χ4v) is 4.36. The average Bonchev–Trinajstić information content (AvgIpc) is 2.70. The lowest BCUT2D eigenvalue weighted by Crippen LogP contribution is -2.29. The maximum absolute atomic E-state index is 12.8. The van der Waals surface area contributed by atoms with Gasteiger partial charge in [-0.1, -0.05) is 44.8 Å². The lowest BCUT2D eigenvalue weighted by Gasteiger charge is -2.31. The molecule has 3 nitrogen and oxygen atoms in total. The van der Waals surface area contributed by atoms with Crippen molar-refractivity contribution in [3.05, 3.63) is 24.1 Å². The van der Waals surface area contributed by atoms with Crippen LogP contribution in [0.3, 0.4) is 0 Å². The molecule has 2 saturated carbocycles. The van der Waals surface area contributed by atoms with Gasteiger partial charge >= 0.3 is 5.97 Å². The highest BCUT2D eigenvalue weighted by atomic mass is 19.1. The van der Waals surface area contributed by atoms with Gasteiger partial charge in [0, 0.05) is 0 Å². The van der Waals surface area contributed by atoms with Gasteiger partial charge in [-0.25, -0.2) is 0 Å². The minimum Gasteiger partial charge on any atom is -0.462 e. The first-order valence-electron chi connectivity index (χ1n) is 10.8. The molecule has 150 valence electrons. The summed E-state index contributed by atoms with van der Waals surface area (Å²) < 4.78 is 18.6. The Bertz CT molecular complexity index is 547. The smallest absolute Gasteiger partial charge is 0.309 e. The van der Waals surface area contributed by atoms with Crippen molar-refractivity contribution in [2.45, 2.75) is 90.1 Å². The summed E-state index contributed by atoms with van der Waals surface area (Å²) in [5.41, 5.74) is 0. The molecule has 27 heavy (non-hydrogen) atoms. The molecule has 0 amide bonds. The van der Waals surface area contributed by atoms with Crippen LogP contribution < -0.4 is 0 Å². The Labute approximate surface area is 163 Å². The lowest BCUT2D eigenvalue weighted by molar-refractivity contribution is -0.157. The molecule has 0 unspecified atom stereocenters. The summed E-state index contributed by atoms with van der Waals surface area (Å²) in [7, 11) is 0.